The molecule has 1 aliphatic rings. The molecule has 1 N–H and O–H groups in total. The quantitative estimate of drug-likeness (QED) is 0.620. The molecule has 31 heavy (non-hydrogen) atoms. The summed E-state index contributed by atoms with van der Waals surface area (Å²) in [6, 6.07) is 9.07. The highest BCUT2D eigenvalue weighted by molar-refractivity contribution is 7.89. The van der Waals surface area contributed by atoms with Crippen LogP contribution in [0.4, 0.5) is 0 Å². The van der Waals surface area contributed by atoms with E-state index < -0.39 is 16.1 Å². The number of piperidine rings is 1. The number of benzene rings is 1. The Morgan fingerprint density at radius 2 is 1.90 bits per heavy atom. The molecule has 1 fully saturated rings. The summed E-state index contributed by atoms with van der Waals surface area (Å²) in [6.07, 6.45) is 3.16. The van der Waals surface area contributed by atoms with Crippen LogP contribution < -0.4 is 5.32 Å². The molecule has 1 saturated heterocycles. The average molecular weight is 445 g/mol. The Morgan fingerprint density at radius 1 is 1.19 bits per heavy atom. The van der Waals surface area contributed by atoms with Crippen LogP contribution in [0.1, 0.15) is 49.2 Å². The molecule has 1 atom stereocenters. The van der Waals surface area contributed by atoms with Gasteiger partial charge in [-0.25, -0.2) is 8.42 Å². The summed E-state index contributed by atoms with van der Waals surface area (Å²) in [7, 11) is -3.51. The van der Waals surface area contributed by atoms with E-state index in [0.717, 1.165) is 12.8 Å². The van der Waals surface area contributed by atoms with Crippen molar-refractivity contribution in [2.75, 3.05) is 13.1 Å². The third kappa shape index (κ3) is 4.54. The molecule has 4 rings (SSSR count). The highest BCUT2D eigenvalue weighted by Gasteiger charge is 2.28. The van der Waals surface area contributed by atoms with Crippen LogP contribution in [0.25, 0.3) is 11.4 Å². The molecule has 1 aliphatic heterocycles. The summed E-state index contributed by atoms with van der Waals surface area (Å²) < 4.78 is 37.6. The van der Waals surface area contributed by atoms with E-state index in [0.29, 0.717) is 30.4 Å². The minimum Gasteiger partial charge on any atom is -0.459 e. The molecule has 2 aromatic heterocycles. The number of nitrogens with one attached hydrogen (secondary N) is 1. The molecule has 1 unspecified atom stereocenters. The van der Waals surface area contributed by atoms with Crippen LogP contribution in [-0.4, -0.2) is 41.9 Å². The fourth-order valence-electron chi connectivity index (χ4n) is 3.42. The molecule has 3 heterocycles. The van der Waals surface area contributed by atoms with Gasteiger partial charge >= 0.3 is 0 Å². The summed E-state index contributed by atoms with van der Waals surface area (Å²) in [6.45, 7) is 4.94. The van der Waals surface area contributed by atoms with Crippen LogP contribution in [0.15, 0.2) is 56.5 Å². The van der Waals surface area contributed by atoms with E-state index >= 15 is 0 Å². The van der Waals surface area contributed by atoms with Crippen molar-refractivity contribution in [3.05, 3.63) is 54.3 Å². The molecule has 3 aromatic rings. The van der Waals surface area contributed by atoms with E-state index in [1.54, 1.807) is 43.3 Å². The third-order valence-corrected chi connectivity index (χ3v) is 7.31. The van der Waals surface area contributed by atoms with Crippen molar-refractivity contribution < 1.29 is 22.2 Å². The number of furan rings is 1. The Balaban J connectivity index is 1.45. The first-order valence-corrected chi connectivity index (χ1v) is 11.6. The molecule has 10 heteroatoms. The second-order valence-corrected chi connectivity index (χ2v) is 9.68. The summed E-state index contributed by atoms with van der Waals surface area (Å²) >= 11 is 0. The lowest BCUT2D eigenvalue weighted by atomic mass is 10.0. The number of carbonyl (C=O) groups excluding carboxylic acids is 1. The molecule has 1 aromatic carbocycles. The fraction of sp³-hybridized carbons (Fsp3) is 0.381. The number of carbonyl (C=O) groups is 1. The van der Waals surface area contributed by atoms with Crippen molar-refractivity contribution in [3.63, 3.8) is 0 Å². The Labute approximate surface area is 180 Å². The Kier molecular flexibility index (Phi) is 5.92. The van der Waals surface area contributed by atoms with Gasteiger partial charge in [0.2, 0.25) is 21.7 Å². The lowest BCUT2D eigenvalue weighted by Gasteiger charge is -2.29. The zero-order valence-corrected chi connectivity index (χ0v) is 18.1. The summed E-state index contributed by atoms with van der Waals surface area (Å²) in [5.74, 6) is 0.886. The zero-order valence-electron chi connectivity index (χ0n) is 17.3. The Morgan fingerprint density at radius 3 is 2.55 bits per heavy atom. The summed E-state index contributed by atoms with van der Waals surface area (Å²) in [4.78, 5) is 16.7. The first-order chi connectivity index (χ1) is 14.8. The standard InChI is InChI=1S/C21H24N4O5S/c1-14-9-11-25(12-10-14)31(27,28)17-7-5-16(6-8-17)19-23-21(30-24-19)15(2)22-20(26)18-4-3-13-29-18/h3-8,13-15H,9-12H2,1-2H3,(H,22,26). The van der Waals surface area contributed by atoms with Crippen LogP contribution >= 0.6 is 0 Å². The van der Waals surface area contributed by atoms with Gasteiger partial charge in [-0.1, -0.05) is 12.1 Å². The SMILES string of the molecule is CC1CCN(S(=O)(=O)c2ccc(-c3noc(C(C)NC(=O)c4ccco4)n3)cc2)CC1. The first-order valence-electron chi connectivity index (χ1n) is 10.1. The van der Waals surface area contributed by atoms with Crippen LogP contribution in [0.5, 0.6) is 0 Å². The molecule has 0 spiro atoms. The first kappa shape index (κ1) is 21.3. The Bertz CT molecular complexity index is 1130. The predicted molar refractivity (Wildman–Crippen MR) is 111 cm³/mol. The van der Waals surface area contributed by atoms with Crippen molar-refractivity contribution >= 4 is 15.9 Å². The van der Waals surface area contributed by atoms with Gasteiger partial charge in [-0.05, 0) is 62.1 Å². The van der Waals surface area contributed by atoms with Gasteiger partial charge in [0.05, 0.1) is 11.2 Å². The second kappa shape index (κ2) is 8.64. The number of amides is 1. The second-order valence-electron chi connectivity index (χ2n) is 7.74. The normalized spacial score (nSPS) is 16.8. The van der Waals surface area contributed by atoms with Crippen LogP contribution in [-0.2, 0) is 10.0 Å². The van der Waals surface area contributed by atoms with Gasteiger partial charge in [0.1, 0.15) is 6.04 Å². The molecule has 0 saturated carbocycles. The topological polar surface area (TPSA) is 119 Å². The molecule has 0 bridgehead atoms. The zero-order chi connectivity index (χ0) is 22.0. The summed E-state index contributed by atoms with van der Waals surface area (Å²) in [5, 5.41) is 6.66. The van der Waals surface area contributed by atoms with E-state index in [1.807, 2.05) is 0 Å². The van der Waals surface area contributed by atoms with Crippen molar-refractivity contribution in [1.29, 1.82) is 0 Å². The number of hydrogen-bond donors (Lipinski definition) is 1. The van der Waals surface area contributed by atoms with Crippen LogP contribution in [0.3, 0.4) is 0 Å². The number of aromatic nitrogens is 2. The lowest BCUT2D eigenvalue weighted by molar-refractivity contribution is 0.0904. The minimum absolute atomic E-state index is 0.187. The minimum atomic E-state index is -3.51. The van der Waals surface area contributed by atoms with Crippen molar-refractivity contribution in [1.82, 2.24) is 19.8 Å². The molecule has 1 amide bonds. The number of nitrogens with zero attached hydrogens (tertiary/aromatic N) is 3. The highest BCUT2D eigenvalue weighted by atomic mass is 32.2. The van der Waals surface area contributed by atoms with E-state index in [-0.39, 0.29) is 22.5 Å². The van der Waals surface area contributed by atoms with Gasteiger partial charge < -0.3 is 14.3 Å². The fourth-order valence-corrected chi connectivity index (χ4v) is 4.89. The lowest BCUT2D eigenvalue weighted by Crippen LogP contribution is -2.37. The predicted octanol–water partition coefficient (Wildman–Crippen LogP) is 3.24. The third-order valence-electron chi connectivity index (χ3n) is 5.40. The van der Waals surface area contributed by atoms with Crippen LogP contribution in [0.2, 0.25) is 0 Å². The maximum atomic E-state index is 12.9. The molecule has 0 radical (unpaired) electrons. The van der Waals surface area contributed by atoms with Crippen molar-refractivity contribution in [2.24, 2.45) is 5.92 Å². The van der Waals surface area contributed by atoms with Gasteiger partial charge in [-0.15, -0.1) is 0 Å². The van der Waals surface area contributed by atoms with Gasteiger partial charge in [0.15, 0.2) is 5.76 Å². The number of hydrogen-bond acceptors (Lipinski definition) is 7. The van der Waals surface area contributed by atoms with Gasteiger partial charge in [-0.3, -0.25) is 4.79 Å². The highest BCUT2D eigenvalue weighted by Crippen LogP contribution is 2.26. The van der Waals surface area contributed by atoms with E-state index in [4.69, 9.17) is 8.94 Å². The molecule has 9 nitrogen and oxygen atoms in total. The number of sulfonamides is 1. The van der Waals surface area contributed by atoms with Crippen molar-refractivity contribution in [2.45, 2.75) is 37.6 Å². The molecule has 0 aliphatic carbocycles. The smallest absolute Gasteiger partial charge is 0.287 e. The maximum Gasteiger partial charge on any atom is 0.287 e. The molecular weight excluding hydrogens is 420 g/mol. The Hall–Kier alpha value is -2.98. The van der Waals surface area contributed by atoms with E-state index in [9.17, 15) is 13.2 Å². The van der Waals surface area contributed by atoms with E-state index in [2.05, 4.69) is 22.4 Å². The average Bonchev–Trinajstić information content (AvgIpc) is 3.47. The van der Waals surface area contributed by atoms with Crippen LogP contribution in [0, 0.1) is 5.92 Å². The molecular formula is C21H24N4O5S. The van der Waals surface area contributed by atoms with Gasteiger partial charge in [0, 0.05) is 18.7 Å². The molecule has 164 valence electrons. The van der Waals surface area contributed by atoms with Gasteiger partial charge in [0.25, 0.3) is 5.91 Å². The maximum absolute atomic E-state index is 12.9. The van der Waals surface area contributed by atoms with Crippen molar-refractivity contribution in [3.8, 4) is 11.4 Å². The monoisotopic (exact) mass is 444 g/mol. The number of rotatable bonds is 6. The largest absolute Gasteiger partial charge is 0.459 e. The summed E-state index contributed by atoms with van der Waals surface area (Å²) in [5.41, 5.74) is 0.616. The van der Waals surface area contributed by atoms with E-state index in [1.165, 1.54) is 10.6 Å². The van der Waals surface area contributed by atoms with Gasteiger partial charge in [-0.2, -0.15) is 9.29 Å².